The van der Waals surface area contributed by atoms with Crippen molar-refractivity contribution in [2.45, 2.75) is 25.7 Å². The number of anilines is 1. The van der Waals surface area contributed by atoms with Crippen LogP contribution in [0.15, 0.2) is 48.7 Å². The van der Waals surface area contributed by atoms with Crippen LogP contribution in [0, 0.1) is 0 Å². The molecule has 1 fully saturated rings. The lowest BCUT2D eigenvalue weighted by molar-refractivity contribution is -0.0511. The zero-order valence-electron chi connectivity index (χ0n) is 15.2. The molecule has 2 unspecified atom stereocenters. The molecule has 2 heterocycles. The number of morpholine rings is 1. The third-order valence-corrected chi connectivity index (χ3v) is 4.32. The molecule has 138 valence electrons. The SMILES string of the molecule is COCC1CN(c2ccnc(C(=O)NCc3ccccc3)c2)CC(C)O1. The lowest BCUT2D eigenvalue weighted by atomic mass is 10.2. The molecule has 1 amide bonds. The number of ether oxygens (including phenoxy) is 2. The van der Waals surface area contributed by atoms with Crippen molar-refractivity contribution in [3.05, 3.63) is 59.9 Å². The van der Waals surface area contributed by atoms with E-state index in [4.69, 9.17) is 9.47 Å². The van der Waals surface area contributed by atoms with E-state index in [0.717, 1.165) is 24.3 Å². The molecule has 0 radical (unpaired) electrons. The van der Waals surface area contributed by atoms with Gasteiger partial charge < -0.3 is 19.7 Å². The first-order valence-corrected chi connectivity index (χ1v) is 8.83. The highest BCUT2D eigenvalue weighted by Gasteiger charge is 2.26. The van der Waals surface area contributed by atoms with E-state index in [1.807, 2.05) is 49.4 Å². The fourth-order valence-corrected chi connectivity index (χ4v) is 3.14. The molecule has 1 aliphatic rings. The largest absolute Gasteiger partial charge is 0.382 e. The number of rotatable bonds is 6. The number of nitrogens with zero attached hydrogens (tertiary/aromatic N) is 2. The molecule has 0 bridgehead atoms. The molecular weight excluding hydrogens is 330 g/mol. The van der Waals surface area contributed by atoms with E-state index in [1.54, 1.807) is 13.3 Å². The van der Waals surface area contributed by atoms with Gasteiger partial charge >= 0.3 is 0 Å². The Morgan fingerprint density at radius 2 is 2.12 bits per heavy atom. The van der Waals surface area contributed by atoms with Gasteiger partial charge in [-0.1, -0.05) is 30.3 Å². The summed E-state index contributed by atoms with van der Waals surface area (Å²) in [4.78, 5) is 18.9. The summed E-state index contributed by atoms with van der Waals surface area (Å²) in [5.74, 6) is -0.176. The average molecular weight is 355 g/mol. The van der Waals surface area contributed by atoms with E-state index in [9.17, 15) is 4.79 Å². The van der Waals surface area contributed by atoms with Gasteiger partial charge in [-0.05, 0) is 24.6 Å². The van der Waals surface area contributed by atoms with Crippen LogP contribution in [0.3, 0.4) is 0 Å². The fourth-order valence-electron chi connectivity index (χ4n) is 3.14. The third kappa shape index (κ3) is 4.80. The predicted octanol–water partition coefficient (Wildman–Crippen LogP) is 2.25. The van der Waals surface area contributed by atoms with Gasteiger partial charge in [-0.15, -0.1) is 0 Å². The van der Waals surface area contributed by atoms with Crippen molar-refractivity contribution < 1.29 is 14.3 Å². The monoisotopic (exact) mass is 355 g/mol. The minimum absolute atomic E-state index is 0.0206. The second-order valence-electron chi connectivity index (χ2n) is 6.50. The smallest absolute Gasteiger partial charge is 0.270 e. The van der Waals surface area contributed by atoms with Crippen molar-refractivity contribution in [3.8, 4) is 0 Å². The number of pyridine rings is 1. The molecule has 2 atom stereocenters. The van der Waals surface area contributed by atoms with Gasteiger partial charge in [0.15, 0.2) is 0 Å². The maximum atomic E-state index is 12.4. The molecule has 1 saturated heterocycles. The summed E-state index contributed by atoms with van der Waals surface area (Å²) in [6, 6.07) is 13.6. The van der Waals surface area contributed by atoms with E-state index in [1.165, 1.54) is 0 Å². The van der Waals surface area contributed by atoms with Gasteiger partial charge in [0.05, 0.1) is 18.8 Å². The molecule has 6 heteroatoms. The normalized spacial score (nSPS) is 20.0. The van der Waals surface area contributed by atoms with Crippen LogP contribution in [-0.2, 0) is 16.0 Å². The van der Waals surface area contributed by atoms with Crippen molar-refractivity contribution in [2.75, 3.05) is 31.7 Å². The number of hydrogen-bond acceptors (Lipinski definition) is 5. The van der Waals surface area contributed by atoms with E-state index in [0.29, 0.717) is 18.8 Å². The van der Waals surface area contributed by atoms with E-state index >= 15 is 0 Å². The average Bonchev–Trinajstić information content (AvgIpc) is 2.67. The second kappa shape index (κ2) is 8.78. The summed E-state index contributed by atoms with van der Waals surface area (Å²) in [6.07, 6.45) is 1.80. The number of carbonyl (C=O) groups is 1. The summed E-state index contributed by atoms with van der Waals surface area (Å²) in [6.45, 7) is 4.58. The van der Waals surface area contributed by atoms with Crippen LogP contribution in [0.1, 0.15) is 23.0 Å². The van der Waals surface area contributed by atoms with Crippen molar-refractivity contribution in [1.29, 1.82) is 0 Å². The minimum Gasteiger partial charge on any atom is -0.382 e. The molecule has 1 aromatic heterocycles. The summed E-state index contributed by atoms with van der Waals surface area (Å²) >= 11 is 0. The Morgan fingerprint density at radius 3 is 2.88 bits per heavy atom. The number of methoxy groups -OCH3 is 1. The van der Waals surface area contributed by atoms with Crippen molar-refractivity contribution in [3.63, 3.8) is 0 Å². The lowest BCUT2D eigenvalue weighted by Crippen LogP contribution is -2.48. The molecule has 26 heavy (non-hydrogen) atoms. The summed E-state index contributed by atoms with van der Waals surface area (Å²) in [5, 5.41) is 2.92. The van der Waals surface area contributed by atoms with Gasteiger partial charge in [-0.2, -0.15) is 0 Å². The number of aromatic nitrogens is 1. The van der Waals surface area contributed by atoms with Crippen LogP contribution in [0.2, 0.25) is 0 Å². The molecule has 0 spiro atoms. The molecule has 1 aliphatic heterocycles. The highest BCUT2D eigenvalue weighted by atomic mass is 16.5. The first kappa shape index (κ1) is 18.4. The van der Waals surface area contributed by atoms with Crippen LogP contribution < -0.4 is 10.2 Å². The summed E-state index contributed by atoms with van der Waals surface area (Å²) in [7, 11) is 1.68. The molecular formula is C20H25N3O3. The fraction of sp³-hybridized carbons (Fsp3) is 0.400. The van der Waals surface area contributed by atoms with Crippen molar-refractivity contribution in [1.82, 2.24) is 10.3 Å². The quantitative estimate of drug-likeness (QED) is 0.861. The van der Waals surface area contributed by atoms with Gasteiger partial charge in [0.2, 0.25) is 0 Å². The number of nitrogens with one attached hydrogen (secondary N) is 1. The first-order valence-electron chi connectivity index (χ1n) is 8.83. The van der Waals surface area contributed by atoms with E-state index < -0.39 is 0 Å². The van der Waals surface area contributed by atoms with Gasteiger partial charge in [0.1, 0.15) is 5.69 Å². The van der Waals surface area contributed by atoms with Crippen LogP contribution in [0.25, 0.3) is 0 Å². The van der Waals surface area contributed by atoms with Crippen molar-refractivity contribution >= 4 is 11.6 Å². The Morgan fingerprint density at radius 1 is 1.31 bits per heavy atom. The topological polar surface area (TPSA) is 63.7 Å². The van der Waals surface area contributed by atoms with E-state index in [-0.39, 0.29) is 18.1 Å². The van der Waals surface area contributed by atoms with Crippen LogP contribution in [-0.4, -0.2) is 49.9 Å². The molecule has 3 rings (SSSR count). The molecule has 6 nitrogen and oxygen atoms in total. The van der Waals surface area contributed by atoms with Crippen LogP contribution in [0.4, 0.5) is 5.69 Å². The lowest BCUT2D eigenvalue weighted by Gasteiger charge is -2.38. The number of hydrogen-bond donors (Lipinski definition) is 1. The Labute approximate surface area is 154 Å². The molecule has 2 aromatic rings. The van der Waals surface area contributed by atoms with Gasteiger partial charge in [0.25, 0.3) is 5.91 Å². The number of amides is 1. The third-order valence-electron chi connectivity index (χ3n) is 4.32. The van der Waals surface area contributed by atoms with Crippen LogP contribution >= 0.6 is 0 Å². The number of carbonyl (C=O) groups excluding carboxylic acids is 1. The minimum atomic E-state index is -0.176. The highest BCUT2D eigenvalue weighted by molar-refractivity contribution is 5.93. The van der Waals surface area contributed by atoms with E-state index in [2.05, 4.69) is 15.2 Å². The second-order valence-corrected chi connectivity index (χ2v) is 6.50. The summed E-state index contributed by atoms with van der Waals surface area (Å²) < 4.78 is 11.1. The predicted molar refractivity (Wildman–Crippen MR) is 100 cm³/mol. The molecule has 0 saturated carbocycles. The molecule has 1 N–H and O–H groups in total. The Kier molecular flexibility index (Phi) is 6.20. The maximum absolute atomic E-state index is 12.4. The Balaban J connectivity index is 1.66. The zero-order valence-corrected chi connectivity index (χ0v) is 15.2. The van der Waals surface area contributed by atoms with Crippen LogP contribution in [0.5, 0.6) is 0 Å². The van der Waals surface area contributed by atoms with Gasteiger partial charge in [-0.3, -0.25) is 9.78 Å². The molecule has 0 aliphatic carbocycles. The zero-order chi connectivity index (χ0) is 18.4. The first-order chi connectivity index (χ1) is 12.7. The van der Waals surface area contributed by atoms with Gasteiger partial charge in [0, 0.05) is 38.6 Å². The standard InChI is InChI=1S/C20H25N3O3/c1-15-12-23(13-18(26-15)14-25-2)17-8-9-21-19(10-17)20(24)22-11-16-6-4-3-5-7-16/h3-10,15,18H,11-14H2,1-2H3,(H,22,24). The van der Waals surface area contributed by atoms with Gasteiger partial charge in [-0.25, -0.2) is 0 Å². The Hall–Kier alpha value is -2.44. The molecule has 1 aromatic carbocycles. The number of benzene rings is 1. The maximum Gasteiger partial charge on any atom is 0.270 e. The summed E-state index contributed by atoms with van der Waals surface area (Å²) in [5.41, 5.74) is 2.45. The Bertz CT molecular complexity index is 723. The van der Waals surface area contributed by atoms with Crippen molar-refractivity contribution in [2.24, 2.45) is 0 Å². The highest BCUT2D eigenvalue weighted by Crippen LogP contribution is 2.21.